The molecule has 8 heteroatoms. The van der Waals surface area contributed by atoms with Gasteiger partial charge in [0.2, 0.25) is 0 Å². The molecular weight excluding hydrogens is 645 g/mol. The number of carbonyl (C=O) groups excluding carboxylic acids is 2. The van der Waals surface area contributed by atoms with Crippen LogP contribution < -0.4 is 9.80 Å². The number of hydrogen-bond acceptors (Lipinski definition) is 8. The molecule has 0 N–H and O–H groups in total. The lowest BCUT2D eigenvalue weighted by Gasteiger charge is -2.32. The molecule has 1 aliphatic heterocycles. The number of carbonyl (C=O) groups is 2. The largest absolute Gasteiger partial charge is 0.288 e. The Morgan fingerprint density at radius 2 is 0.923 bits per heavy atom. The third-order valence-electron chi connectivity index (χ3n) is 10.4. The molecule has 1 aliphatic carbocycles. The molecule has 0 atom stereocenters. The van der Waals surface area contributed by atoms with E-state index in [0.29, 0.717) is 11.6 Å². The van der Waals surface area contributed by atoms with Crippen molar-refractivity contribution in [3.8, 4) is 0 Å². The van der Waals surface area contributed by atoms with Gasteiger partial charge in [0.1, 0.15) is 5.82 Å². The van der Waals surface area contributed by atoms with E-state index in [9.17, 15) is 9.59 Å². The zero-order valence-corrected chi connectivity index (χ0v) is 31.7. The van der Waals surface area contributed by atoms with E-state index in [0.717, 1.165) is 39.4 Å². The van der Waals surface area contributed by atoms with E-state index in [1.165, 1.54) is 34.6 Å². The third kappa shape index (κ3) is 5.61. The van der Waals surface area contributed by atoms with E-state index < -0.39 is 0 Å². The first-order valence-corrected chi connectivity index (χ1v) is 18.3. The zero-order valence-electron chi connectivity index (χ0n) is 31.7. The van der Waals surface area contributed by atoms with Gasteiger partial charge in [-0.05, 0) is 95.2 Å². The smallest absolute Gasteiger partial charge is 0.199 e. The molecule has 7 rings (SSSR count). The first-order valence-electron chi connectivity index (χ1n) is 18.3. The minimum Gasteiger partial charge on any atom is -0.288 e. The lowest BCUT2D eigenvalue weighted by atomic mass is 9.91. The minimum atomic E-state index is -0.357. The summed E-state index contributed by atoms with van der Waals surface area (Å²) in [5, 5.41) is 7.78. The number of allylic oxidation sites excluding steroid dienone is 3. The molecule has 2 aliphatic rings. The van der Waals surface area contributed by atoms with Gasteiger partial charge in [-0.15, -0.1) is 0 Å². The van der Waals surface area contributed by atoms with Crippen LogP contribution in [0.25, 0.3) is 11.0 Å². The molecular formula is C44H46N6O2. The Bertz CT molecular complexity index is 2140. The maximum Gasteiger partial charge on any atom is 0.199 e. The lowest BCUT2D eigenvalue weighted by Crippen LogP contribution is -2.26. The van der Waals surface area contributed by atoms with Crippen molar-refractivity contribution in [3.05, 3.63) is 129 Å². The van der Waals surface area contributed by atoms with Gasteiger partial charge in [0.25, 0.3) is 0 Å². The van der Waals surface area contributed by atoms with Gasteiger partial charge in [-0.1, -0.05) is 91.8 Å². The van der Waals surface area contributed by atoms with Crippen molar-refractivity contribution in [1.82, 2.24) is 20.2 Å². The number of benzene rings is 3. The normalized spacial score (nSPS) is 14.2. The zero-order chi connectivity index (χ0) is 37.2. The van der Waals surface area contributed by atoms with E-state index in [-0.39, 0.29) is 51.9 Å². The fraction of sp³-hybridized carbons (Fsp3) is 0.318. The average molecular weight is 691 g/mol. The standard InChI is InChI=1S/C44H46N6O2/c1-23(2)29-13-11-14-30(24(3)4)39(29)49-38(18-17-33-41(51)34-21-45-46-22-35(34)42(33)52)50(40-31(25(5)6)15-12-16-32(40)26(7)8)44-43(49)47-36-19-27(9)28(10)20-37(36)48-44/h11-26H,1-10H3. The van der Waals surface area contributed by atoms with Crippen molar-refractivity contribution in [3.63, 3.8) is 0 Å². The molecule has 8 nitrogen and oxygen atoms in total. The number of nitrogens with zero attached hydrogens (tertiary/aromatic N) is 6. The predicted octanol–water partition coefficient (Wildman–Crippen LogP) is 10.7. The fourth-order valence-corrected chi connectivity index (χ4v) is 7.43. The molecule has 0 bridgehead atoms. The number of anilines is 4. The van der Waals surface area contributed by atoms with Crippen molar-refractivity contribution in [1.29, 1.82) is 0 Å². The van der Waals surface area contributed by atoms with Crippen molar-refractivity contribution in [2.75, 3.05) is 9.80 Å². The van der Waals surface area contributed by atoms with Gasteiger partial charge in [-0.25, -0.2) is 9.97 Å². The highest BCUT2D eigenvalue weighted by molar-refractivity contribution is 6.39. The first kappa shape index (κ1) is 34.9. The number of ketones is 2. The summed E-state index contributed by atoms with van der Waals surface area (Å²) in [6, 6.07) is 17.2. The van der Waals surface area contributed by atoms with E-state index in [1.54, 1.807) is 6.08 Å². The van der Waals surface area contributed by atoms with Crippen LogP contribution in [-0.2, 0) is 0 Å². The van der Waals surface area contributed by atoms with Crippen LogP contribution in [0.5, 0.6) is 0 Å². The maximum absolute atomic E-state index is 13.7. The molecule has 0 spiro atoms. The number of Topliss-reactive ketones (excluding diaryl/α,β-unsaturated/α-hetero) is 2. The molecule has 2 aromatic heterocycles. The predicted molar refractivity (Wildman–Crippen MR) is 209 cm³/mol. The maximum atomic E-state index is 13.7. The van der Waals surface area contributed by atoms with Gasteiger partial charge in [-0.3, -0.25) is 19.4 Å². The highest BCUT2D eigenvalue weighted by atomic mass is 16.2. The Labute approximate surface area is 306 Å². The number of hydrogen-bond donors (Lipinski definition) is 0. The van der Waals surface area contributed by atoms with E-state index in [2.05, 4.69) is 138 Å². The number of para-hydroxylation sites is 2. The Morgan fingerprint density at radius 3 is 1.27 bits per heavy atom. The number of aryl methyl sites for hydroxylation is 2. The van der Waals surface area contributed by atoms with E-state index in [1.807, 2.05) is 6.08 Å². The average Bonchev–Trinajstić information content (AvgIpc) is 3.54. The monoisotopic (exact) mass is 690 g/mol. The van der Waals surface area contributed by atoms with Crippen LogP contribution in [0.3, 0.4) is 0 Å². The summed E-state index contributed by atoms with van der Waals surface area (Å²) in [6.45, 7) is 21.9. The second kappa shape index (κ2) is 13.2. The molecule has 3 aromatic carbocycles. The van der Waals surface area contributed by atoms with Crippen molar-refractivity contribution < 1.29 is 9.59 Å². The van der Waals surface area contributed by atoms with Crippen LogP contribution >= 0.6 is 0 Å². The summed E-state index contributed by atoms with van der Waals surface area (Å²) in [4.78, 5) is 42.7. The van der Waals surface area contributed by atoms with Gasteiger partial charge < -0.3 is 0 Å². The summed E-state index contributed by atoms with van der Waals surface area (Å²) < 4.78 is 0. The van der Waals surface area contributed by atoms with Crippen LogP contribution in [-0.4, -0.2) is 31.7 Å². The molecule has 0 radical (unpaired) electrons. The van der Waals surface area contributed by atoms with Crippen LogP contribution in [0, 0.1) is 13.8 Å². The number of rotatable bonds is 7. The highest BCUT2D eigenvalue weighted by Crippen LogP contribution is 2.54. The number of fused-ring (bicyclic) bond motifs is 3. The lowest BCUT2D eigenvalue weighted by molar-refractivity contribution is 0.0988. The van der Waals surface area contributed by atoms with Crippen LogP contribution in [0.4, 0.5) is 23.0 Å². The molecule has 3 heterocycles. The quantitative estimate of drug-likeness (QED) is 0.123. The molecule has 264 valence electrons. The Hall–Kier alpha value is -5.50. The van der Waals surface area contributed by atoms with Crippen LogP contribution in [0.2, 0.25) is 0 Å². The molecule has 5 aromatic rings. The van der Waals surface area contributed by atoms with Crippen molar-refractivity contribution >= 4 is 45.6 Å². The van der Waals surface area contributed by atoms with Crippen LogP contribution in [0.15, 0.2) is 84.5 Å². The minimum absolute atomic E-state index is 0.0768. The third-order valence-corrected chi connectivity index (χ3v) is 10.4. The molecule has 0 saturated carbocycles. The molecule has 0 unspecified atom stereocenters. The van der Waals surface area contributed by atoms with Crippen molar-refractivity contribution in [2.45, 2.75) is 92.9 Å². The first-order chi connectivity index (χ1) is 24.8. The van der Waals surface area contributed by atoms with Gasteiger partial charge in [0.15, 0.2) is 23.2 Å². The second-order valence-corrected chi connectivity index (χ2v) is 15.2. The van der Waals surface area contributed by atoms with Gasteiger partial charge >= 0.3 is 0 Å². The molecule has 52 heavy (non-hydrogen) atoms. The van der Waals surface area contributed by atoms with E-state index in [4.69, 9.17) is 9.97 Å². The van der Waals surface area contributed by atoms with Crippen molar-refractivity contribution in [2.24, 2.45) is 0 Å². The Morgan fingerprint density at radius 1 is 0.558 bits per heavy atom. The van der Waals surface area contributed by atoms with Gasteiger partial charge in [-0.2, -0.15) is 10.2 Å². The molecule has 0 fully saturated rings. The van der Waals surface area contributed by atoms with E-state index >= 15 is 0 Å². The highest BCUT2D eigenvalue weighted by Gasteiger charge is 2.42. The summed E-state index contributed by atoms with van der Waals surface area (Å²) in [5.41, 5.74) is 11.2. The molecule has 0 amide bonds. The molecule has 0 saturated heterocycles. The summed E-state index contributed by atoms with van der Waals surface area (Å²) >= 11 is 0. The SMILES string of the molecule is Cc1cc2nc3c(nc2cc1C)N(c1c(C(C)C)cccc1C(C)C)C(=CC=C1C(=O)c2cnncc2C1=O)N3c1c(C(C)C)cccc1C(C)C. The summed E-state index contributed by atoms with van der Waals surface area (Å²) in [6.07, 6.45) is 6.32. The topological polar surface area (TPSA) is 92.2 Å². The fourth-order valence-electron chi connectivity index (χ4n) is 7.43. The second-order valence-electron chi connectivity index (χ2n) is 15.2. The Balaban J connectivity index is 1.64. The summed E-state index contributed by atoms with van der Waals surface area (Å²) in [7, 11) is 0. The number of aromatic nitrogens is 4. The summed E-state index contributed by atoms with van der Waals surface area (Å²) in [5.74, 6) is 2.17. The van der Waals surface area contributed by atoms with Gasteiger partial charge in [0, 0.05) is 0 Å². The Kier molecular flexibility index (Phi) is 8.89. The van der Waals surface area contributed by atoms with Gasteiger partial charge in [0.05, 0.1) is 51.5 Å². The van der Waals surface area contributed by atoms with Crippen LogP contribution in [0.1, 0.15) is 133 Å².